The molecular weight excluding hydrogens is 364 g/mol. The number of piperidine rings is 1. The molecule has 3 atom stereocenters. The van der Waals surface area contributed by atoms with E-state index in [1.54, 1.807) is 0 Å². The molecule has 1 amide bonds. The summed E-state index contributed by atoms with van der Waals surface area (Å²) in [6, 6.07) is 4.08. The molecule has 4 rings (SSSR count). The Morgan fingerprint density at radius 2 is 1.82 bits per heavy atom. The summed E-state index contributed by atoms with van der Waals surface area (Å²) in [5.74, 6) is 1.44. The number of rotatable bonds is 6. The Labute approximate surface area is 175 Å². The first-order valence-corrected chi connectivity index (χ1v) is 12.5. The number of fused-ring (bicyclic) bond motifs is 2. The van der Waals surface area contributed by atoms with Gasteiger partial charge >= 0.3 is 0 Å². The topological polar surface area (TPSA) is 32.3 Å². The summed E-state index contributed by atoms with van der Waals surface area (Å²) in [6.45, 7) is 7.96. The summed E-state index contributed by atoms with van der Waals surface area (Å²) in [6.07, 6.45) is 12.4. The first-order valence-electron chi connectivity index (χ1n) is 11.6. The number of aryl methyl sites for hydroxylation is 2. The molecule has 1 N–H and O–H groups in total. The van der Waals surface area contributed by atoms with Crippen LogP contribution in [0.4, 0.5) is 0 Å². The predicted molar refractivity (Wildman–Crippen MR) is 118 cm³/mol. The minimum absolute atomic E-state index is 0.186. The van der Waals surface area contributed by atoms with Gasteiger partial charge in [-0.25, -0.2) is 0 Å². The van der Waals surface area contributed by atoms with E-state index in [4.69, 9.17) is 0 Å². The Balaban J connectivity index is 1.43. The number of amides is 1. The van der Waals surface area contributed by atoms with E-state index in [0.717, 1.165) is 43.8 Å². The van der Waals surface area contributed by atoms with Crippen molar-refractivity contribution in [2.75, 3.05) is 6.54 Å². The average Bonchev–Trinajstić information content (AvgIpc) is 3.14. The van der Waals surface area contributed by atoms with Gasteiger partial charge in [-0.1, -0.05) is 26.2 Å². The molecule has 1 aromatic heterocycles. The number of thiophene rings is 1. The van der Waals surface area contributed by atoms with Crippen LogP contribution in [0.15, 0.2) is 6.07 Å². The molecule has 3 nitrogen and oxygen atoms in total. The lowest BCUT2D eigenvalue weighted by Crippen LogP contribution is -2.44. The Morgan fingerprint density at radius 1 is 1.14 bits per heavy atom. The number of nitrogens with one attached hydrogen (secondary N) is 1. The van der Waals surface area contributed by atoms with Gasteiger partial charge in [-0.15, -0.1) is 11.3 Å². The highest BCUT2D eigenvalue weighted by molar-refractivity contribution is 7.12. The van der Waals surface area contributed by atoms with Crippen LogP contribution in [0.25, 0.3) is 0 Å². The standard InChI is InChI=1S/C24H38N2OS/c1-16-13-20-9-10-21(14-16)26(20)12-11-22(23-15-17(2)18(3)28-23)25-24(27)19-7-5-4-6-8-19/h15-16,19-22H,4-14H2,1-3H3,(H,25,27)/t16?,20?,21?,22-/m0/s1. The Hall–Kier alpha value is -0.870. The second-order valence-corrected chi connectivity index (χ2v) is 11.1. The SMILES string of the molecule is Cc1cc([C@H](CCN2C3CCC2CC(C)C3)NC(=O)C2CCCCC2)sc1C. The zero-order chi connectivity index (χ0) is 19.7. The average molecular weight is 403 g/mol. The van der Waals surface area contributed by atoms with Crippen molar-refractivity contribution in [3.63, 3.8) is 0 Å². The molecule has 28 heavy (non-hydrogen) atoms. The number of nitrogens with zero attached hydrogens (tertiary/aromatic N) is 1. The second-order valence-electron chi connectivity index (χ2n) is 9.77. The zero-order valence-corrected chi connectivity index (χ0v) is 18.8. The molecular formula is C24H38N2OS. The van der Waals surface area contributed by atoms with Gasteiger partial charge in [0.1, 0.15) is 0 Å². The quantitative estimate of drug-likeness (QED) is 0.656. The molecule has 2 unspecified atom stereocenters. The highest BCUT2D eigenvalue weighted by Gasteiger charge is 2.39. The summed E-state index contributed by atoms with van der Waals surface area (Å²) in [5.41, 5.74) is 1.36. The second kappa shape index (κ2) is 8.87. The van der Waals surface area contributed by atoms with Gasteiger partial charge < -0.3 is 5.32 Å². The van der Waals surface area contributed by atoms with Crippen LogP contribution >= 0.6 is 11.3 Å². The highest BCUT2D eigenvalue weighted by Crippen LogP contribution is 2.39. The molecule has 2 saturated heterocycles. The Morgan fingerprint density at radius 3 is 2.43 bits per heavy atom. The maximum atomic E-state index is 13.0. The summed E-state index contributed by atoms with van der Waals surface area (Å²) in [4.78, 5) is 18.5. The van der Waals surface area contributed by atoms with Crippen molar-refractivity contribution in [1.29, 1.82) is 0 Å². The smallest absolute Gasteiger partial charge is 0.223 e. The van der Waals surface area contributed by atoms with Crippen LogP contribution in [0.1, 0.15) is 92.5 Å². The van der Waals surface area contributed by atoms with Gasteiger partial charge in [-0.2, -0.15) is 0 Å². The van der Waals surface area contributed by atoms with Crippen molar-refractivity contribution in [2.24, 2.45) is 11.8 Å². The van der Waals surface area contributed by atoms with Gasteiger partial charge in [-0.05, 0) is 76.3 Å². The fourth-order valence-corrected chi connectivity index (χ4v) is 7.03. The Kier molecular flexibility index (Phi) is 6.46. The molecule has 3 heterocycles. The highest BCUT2D eigenvalue weighted by atomic mass is 32.1. The van der Waals surface area contributed by atoms with Crippen molar-refractivity contribution in [3.05, 3.63) is 21.4 Å². The van der Waals surface area contributed by atoms with Crippen LogP contribution in [0.5, 0.6) is 0 Å². The molecule has 4 heteroatoms. The fraction of sp³-hybridized carbons (Fsp3) is 0.792. The summed E-state index contributed by atoms with van der Waals surface area (Å²) in [7, 11) is 0. The third kappa shape index (κ3) is 4.48. The van der Waals surface area contributed by atoms with E-state index in [9.17, 15) is 4.79 Å². The van der Waals surface area contributed by atoms with Crippen LogP contribution in [-0.4, -0.2) is 29.4 Å². The first-order chi connectivity index (χ1) is 13.5. The van der Waals surface area contributed by atoms with Gasteiger partial charge in [0.15, 0.2) is 0 Å². The molecule has 0 radical (unpaired) electrons. The molecule has 3 aliphatic rings. The van der Waals surface area contributed by atoms with E-state index in [2.05, 4.69) is 37.1 Å². The van der Waals surface area contributed by atoms with Crippen molar-refractivity contribution < 1.29 is 4.79 Å². The van der Waals surface area contributed by atoms with Gasteiger partial charge in [-0.3, -0.25) is 9.69 Å². The van der Waals surface area contributed by atoms with Crippen molar-refractivity contribution in [2.45, 2.75) is 103 Å². The van der Waals surface area contributed by atoms with Crippen LogP contribution in [0.2, 0.25) is 0 Å². The van der Waals surface area contributed by atoms with Gasteiger partial charge in [0.05, 0.1) is 6.04 Å². The maximum absolute atomic E-state index is 13.0. The molecule has 3 fully saturated rings. The van der Waals surface area contributed by atoms with E-state index >= 15 is 0 Å². The zero-order valence-electron chi connectivity index (χ0n) is 18.0. The van der Waals surface area contributed by atoms with E-state index in [1.165, 1.54) is 60.3 Å². The molecule has 0 aromatic carbocycles. The van der Waals surface area contributed by atoms with E-state index in [-0.39, 0.29) is 12.0 Å². The maximum Gasteiger partial charge on any atom is 0.223 e. The number of hydrogen-bond acceptors (Lipinski definition) is 3. The number of carbonyl (C=O) groups excluding carboxylic acids is 1. The van der Waals surface area contributed by atoms with Gasteiger partial charge in [0.25, 0.3) is 0 Å². The number of carbonyl (C=O) groups is 1. The molecule has 2 bridgehead atoms. The van der Waals surface area contributed by atoms with Crippen LogP contribution in [0.3, 0.4) is 0 Å². The largest absolute Gasteiger partial charge is 0.348 e. The molecule has 2 aliphatic heterocycles. The molecule has 1 aliphatic carbocycles. The predicted octanol–water partition coefficient (Wildman–Crippen LogP) is 5.76. The van der Waals surface area contributed by atoms with Gasteiger partial charge in [0.2, 0.25) is 5.91 Å². The lowest BCUT2D eigenvalue weighted by Gasteiger charge is -2.38. The molecule has 1 aromatic rings. The lowest BCUT2D eigenvalue weighted by atomic mass is 9.88. The van der Waals surface area contributed by atoms with Gasteiger partial charge in [0, 0.05) is 34.3 Å². The van der Waals surface area contributed by atoms with Crippen LogP contribution in [0, 0.1) is 25.7 Å². The van der Waals surface area contributed by atoms with Crippen molar-refractivity contribution in [3.8, 4) is 0 Å². The fourth-order valence-electron chi connectivity index (χ4n) is 5.90. The minimum atomic E-state index is 0.186. The van der Waals surface area contributed by atoms with Crippen LogP contribution < -0.4 is 5.32 Å². The summed E-state index contributed by atoms with van der Waals surface area (Å²) >= 11 is 1.88. The van der Waals surface area contributed by atoms with E-state index < -0.39 is 0 Å². The van der Waals surface area contributed by atoms with Crippen molar-refractivity contribution >= 4 is 17.2 Å². The summed E-state index contributed by atoms with van der Waals surface area (Å²) in [5, 5.41) is 3.49. The normalized spacial score (nSPS) is 29.8. The van der Waals surface area contributed by atoms with E-state index in [0.29, 0.717) is 5.91 Å². The lowest BCUT2D eigenvalue weighted by molar-refractivity contribution is -0.126. The molecule has 0 spiro atoms. The van der Waals surface area contributed by atoms with E-state index in [1.807, 2.05) is 11.3 Å². The summed E-state index contributed by atoms with van der Waals surface area (Å²) < 4.78 is 0. The molecule has 156 valence electrons. The first kappa shape index (κ1) is 20.4. The van der Waals surface area contributed by atoms with Crippen molar-refractivity contribution in [1.82, 2.24) is 10.2 Å². The number of hydrogen-bond donors (Lipinski definition) is 1. The minimum Gasteiger partial charge on any atom is -0.348 e. The third-order valence-corrected chi connectivity index (χ3v) is 8.88. The van der Waals surface area contributed by atoms with Crippen LogP contribution in [-0.2, 0) is 4.79 Å². The molecule has 1 saturated carbocycles. The Bertz CT molecular complexity index is 645. The monoisotopic (exact) mass is 402 g/mol. The third-order valence-electron chi connectivity index (χ3n) is 7.62.